The van der Waals surface area contributed by atoms with Gasteiger partial charge in [0, 0.05) is 5.75 Å². The molecule has 1 N–H and O–H groups in total. The molecule has 118 valence electrons. The minimum Gasteiger partial charge on any atom is -0.468 e. The molecular weight excluding hydrogens is 282 g/mol. The maximum atomic E-state index is 11.7. The molecule has 1 atom stereocenters. The summed E-state index contributed by atoms with van der Waals surface area (Å²) in [6, 6.07) is 8.65. The van der Waals surface area contributed by atoms with Crippen LogP contribution in [0.4, 0.5) is 0 Å². The Balaban J connectivity index is 2.21. The van der Waals surface area contributed by atoms with Crippen LogP contribution in [-0.4, -0.2) is 31.4 Å². The van der Waals surface area contributed by atoms with Gasteiger partial charge in [0.1, 0.15) is 5.54 Å². The first-order valence-electron chi connectivity index (χ1n) is 7.42. The molecule has 0 fully saturated rings. The fourth-order valence-electron chi connectivity index (χ4n) is 2.23. The number of hydrogen-bond donors (Lipinski definition) is 1. The molecule has 1 rings (SSSR count). The van der Waals surface area contributed by atoms with Gasteiger partial charge in [-0.3, -0.25) is 4.79 Å². The maximum Gasteiger partial charge on any atom is 0.325 e. The molecule has 0 radical (unpaired) electrons. The molecule has 1 aromatic carbocycles. The van der Waals surface area contributed by atoms with E-state index in [9.17, 15) is 4.79 Å². The van der Waals surface area contributed by atoms with Gasteiger partial charge >= 0.3 is 5.97 Å². The first kappa shape index (κ1) is 18.1. The van der Waals surface area contributed by atoms with Gasteiger partial charge in [-0.2, -0.15) is 11.8 Å². The molecular formula is C17H27NO2S. The summed E-state index contributed by atoms with van der Waals surface area (Å²) in [7, 11) is 3.25. The van der Waals surface area contributed by atoms with Crippen molar-refractivity contribution in [2.24, 2.45) is 0 Å². The van der Waals surface area contributed by atoms with Crippen LogP contribution >= 0.6 is 11.8 Å². The molecule has 0 aromatic heterocycles. The van der Waals surface area contributed by atoms with E-state index in [4.69, 9.17) is 4.74 Å². The second kappa shape index (κ2) is 9.11. The van der Waals surface area contributed by atoms with Crippen molar-refractivity contribution in [3.8, 4) is 0 Å². The van der Waals surface area contributed by atoms with Gasteiger partial charge in [0.2, 0.25) is 0 Å². The number of benzene rings is 1. The first-order valence-corrected chi connectivity index (χ1v) is 8.58. The van der Waals surface area contributed by atoms with Crippen LogP contribution in [0.2, 0.25) is 0 Å². The third-order valence-corrected chi connectivity index (χ3v) is 4.87. The predicted octanol–water partition coefficient (Wildman–Crippen LogP) is 3.55. The Bertz CT molecular complexity index is 450. The quantitative estimate of drug-likeness (QED) is 0.559. The van der Waals surface area contributed by atoms with E-state index in [2.05, 4.69) is 36.5 Å². The van der Waals surface area contributed by atoms with Crippen LogP contribution in [0.5, 0.6) is 0 Å². The third kappa shape index (κ3) is 6.10. The van der Waals surface area contributed by atoms with Crippen LogP contribution in [0.1, 0.15) is 37.3 Å². The van der Waals surface area contributed by atoms with Crippen molar-refractivity contribution in [1.29, 1.82) is 0 Å². The molecule has 0 saturated heterocycles. The number of esters is 1. The number of ether oxygens (including phenoxy) is 1. The van der Waals surface area contributed by atoms with Gasteiger partial charge in [-0.15, -0.1) is 0 Å². The Morgan fingerprint density at radius 3 is 2.76 bits per heavy atom. The lowest BCUT2D eigenvalue weighted by Crippen LogP contribution is -2.48. The van der Waals surface area contributed by atoms with Crippen molar-refractivity contribution in [1.82, 2.24) is 5.32 Å². The molecule has 0 saturated carbocycles. The average molecular weight is 309 g/mol. The van der Waals surface area contributed by atoms with Crippen molar-refractivity contribution in [2.75, 3.05) is 19.9 Å². The Hall–Kier alpha value is -1.00. The summed E-state index contributed by atoms with van der Waals surface area (Å²) in [5.41, 5.74) is 2.14. The lowest BCUT2D eigenvalue weighted by Gasteiger charge is -2.25. The number of hydrogen-bond acceptors (Lipinski definition) is 4. The van der Waals surface area contributed by atoms with Gasteiger partial charge in [0.15, 0.2) is 0 Å². The van der Waals surface area contributed by atoms with Gasteiger partial charge in [-0.1, -0.05) is 36.2 Å². The monoisotopic (exact) mass is 309 g/mol. The molecule has 4 heteroatoms. The van der Waals surface area contributed by atoms with E-state index in [1.807, 2.05) is 25.7 Å². The molecule has 0 aliphatic heterocycles. The molecule has 3 nitrogen and oxygen atoms in total. The van der Waals surface area contributed by atoms with Crippen LogP contribution in [-0.2, 0) is 15.3 Å². The summed E-state index contributed by atoms with van der Waals surface area (Å²) in [6.07, 6.45) is 2.94. The fourth-order valence-corrected chi connectivity index (χ4v) is 3.20. The number of carbonyl (C=O) groups is 1. The fraction of sp³-hybridized carbons (Fsp3) is 0.588. The summed E-state index contributed by atoms with van der Waals surface area (Å²) in [6.45, 7) is 4.03. The van der Waals surface area contributed by atoms with Crippen molar-refractivity contribution in [2.45, 2.75) is 44.4 Å². The smallest absolute Gasteiger partial charge is 0.325 e. The van der Waals surface area contributed by atoms with Crippen LogP contribution in [0.3, 0.4) is 0 Å². The second-order valence-corrected chi connectivity index (χ2v) is 6.68. The van der Waals surface area contributed by atoms with Crippen LogP contribution in [0, 0.1) is 6.92 Å². The normalized spacial score (nSPS) is 13.7. The second-order valence-electron chi connectivity index (χ2n) is 5.57. The average Bonchev–Trinajstić information content (AvgIpc) is 2.49. The van der Waals surface area contributed by atoms with E-state index in [0.29, 0.717) is 0 Å². The first-order chi connectivity index (χ1) is 10.0. The van der Waals surface area contributed by atoms with Gasteiger partial charge in [-0.05, 0) is 45.1 Å². The topological polar surface area (TPSA) is 38.3 Å². The predicted molar refractivity (Wildman–Crippen MR) is 90.7 cm³/mol. The number of likely N-dealkylation sites (N-methyl/N-ethyl adjacent to an activating group) is 1. The Labute approximate surface area is 132 Å². The molecule has 0 amide bonds. The molecule has 1 aromatic rings. The highest BCUT2D eigenvalue weighted by Crippen LogP contribution is 2.19. The van der Waals surface area contributed by atoms with Gasteiger partial charge in [0.25, 0.3) is 0 Å². The van der Waals surface area contributed by atoms with Gasteiger partial charge in [0.05, 0.1) is 7.11 Å². The van der Waals surface area contributed by atoms with Crippen molar-refractivity contribution >= 4 is 17.7 Å². The summed E-state index contributed by atoms with van der Waals surface area (Å²) in [5, 5.41) is 3.07. The lowest BCUT2D eigenvalue weighted by molar-refractivity contribution is -0.148. The zero-order valence-electron chi connectivity index (χ0n) is 13.6. The minimum absolute atomic E-state index is 0.183. The molecule has 0 aliphatic carbocycles. The number of nitrogens with one attached hydrogen (secondary N) is 1. The van der Waals surface area contributed by atoms with Crippen LogP contribution < -0.4 is 5.32 Å². The summed E-state index contributed by atoms with van der Waals surface area (Å²) < 4.78 is 4.85. The van der Waals surface area contributed by atoms with Crippen molar-refractivity contribution in [3.05, 3.63) is 35.4 Å². The zero-order chi connectivity index (χ0) is 15.7. The lowest BCUT2D eigenvalue weighted by atomic mass is 9.95. The van der Waals surface area contributed by atoms with E-state index < -0.39 is 5.54 Å². The minimum atomic E-state index is -0.560. The van der Waals surface area contributed by atoms with E-state index in [1.165, 1.54) is 18.2 Å². The highest BCUT2D eigenvalue weighted by Gasteiger charge is 2.31. The molecule has 0 bridgehead atoms. The molecule has 21 heavy (non-hydrogen) atoms. The van der Waals surface area contributed by atoms with Crippen molar-refractivity contribution < 1.29 is 9.53 Å². The Morgan fingerprint density at radius 1 is 1.38 bits per heavy atom. The molecule has 0 heterocycles. The van der Waals surface area contributed by atoms with E-state index >= 15 is 0 Å². The van der Waals surface area contributed by atoms with Crippen LogP contribution in [0.25, 0.3) is 0 Å². The Morgan fingerprint density at radius 2 is 2.14 bits per heavy atom. The van der Waals surface area contributed by atoms with E-state index in [0.717, 1.165) is 30.8 Å². The maximum absolute atomic E-state index is 11.7. The van der Waals surface area contributed by atoms with Crippen molar-refractivity contribution in [3.63, 3.8) is 0 Å². The summed E-state index contributed by atoms with van der Waals surface area (Å²) >= 11 is 1.95. The SMILES string of the molecule is CNC(C)(CCCCSCc1cccc(C)c1)C(=O)OC. The van der Waals surface area contributed by atoms with E-state index in [-0.39, 0.29) is 5.97 Å². The summed E-state index contributed by atoms with van der Waals surface area (Å²) in [5.74, 6) is 1.99. The number of thioether (sulfide) groups is 1. The number of aryl methyl sites for hydroxylation is 1. The summed E-state index contributed by atoms with van der Waals surface area (Å²) in [4.78, 5) is 11.7. The zero-order valence-corrected chi connectivity index (χ0v) is 14.4. The molecule has 0 aliphatic rings. The largest absolute Gasteiger partial charge is 0.468 e. The number of carbonyl (C=O) groups excluding carboxylic acids is 1. The molecule has 0 spiro atoms. The third-order valence-electron chi connectivity index (χ3n) is 3.75. The Kier molecular flexibility index (Phi) is 7.83. The highest BCUT2D eigenvalue weighted by molar-refractivity contribution is 7.98. The standard InChI is InChI=1S/C17H27NO2S/c1-14-8-7-9-15(12-14)13-21-11-6-5-10-17(2,18-3)16(19)20-4/h7-9,12,18H,5-6,10-11,13H2,1-4H3. The highest BCUT2D eigenvalue weighted by atomic mass is 32.2. The van der Waals surface area contributed by atoms with Gasteiger partial charge in [-0.25, -0.2) is 0 Å². The number of rotatable bonds is 9. The number of methoxy groups -OCH3 is 1. The molecule has 1 unspecified atom stereocenters. The number of unbranched alkanes of at least 4 members (excludes halogenated alkanes) is 1. The van der Waals surface area contributed by atoms with Gasteiger partial charge < -0.3 is 10.1 Å². The van der Waals surface area contributed by atoms with Crippen LogP contribution in [0.15, 0.2) is 24.3 Å². The van der Waals surface area contributed by atoms with E-state index in [1.54, 1.807) is 0 Å².